The zero-order valence-corrected chi connectivity index (χ0v) is 20.1. The molecule has 0 aliphatic carbocycles. The quantitative estimate of drug-likeness (QED) is 0.320. The minimum absolute atomic E-state index is 0.0533. The van der Waals surface area contributed by atoms with Crippen LogP contribution in [0.15, 0.2) is 48.5 Å². The van der Waals surface area contributed by atoms with Gasteiger partial charge in [-0.2, -0.15) is 0 Å². The van der Waals surface area contributed by atoms with Gasteiger partial charge in [-0.1, -0.05) is 38.1 Å². The van der Waals surface area contributed by atoms with Gasteiger partial charge < -0.3 is 18.9 Å². The van der Waals surface area contributed by atoms with E-state index in [0.717, 1.165) is 11.1 Å². The molecule has 2 aromatic carbocycles. The topological polar surface area (TPSA) is 71.1 Å². The van der Waals surface area contributed by atoms with Crippen LogP contribution in [0, 0.1) is 0 Å². The molecule has 180 valence electrons. The molecule has 0 radical (unpaired) electrons. The van der Waals surface area contributed by atoms with Gasteiger partial charge in [-0.3, -0.25) is 9.59 Å². The Hall–Kier alpha value is -2.80. The van der Waals surface area contributed by atoms with Crippen molar-refractivity contribution >= 4 is 23.5 Å². The highest BCUT2D eigenvalue weighted by Gasteiger charge is 2.23. The summed E-state index contributed by atoms with van der Waals surface area (Å²) in [7, 11) is 0. The van der Waals surface area contributed by atoms with Crippen molar-refractivity contribution in [1.82, 2.24) is 0 Å². The van der Waals surface area contributed by atoms with Gasteiger partial charge in [0.05, 0.1) is 5.88 Å². The van der Waals surface area contributed by atoms with Crippen molar-refractivity contribution in [3.63, 3.8) is 0 Å². The molecular formula is C25H30ClFO6. The van der Waals surface area contributed by atoms with Crippen LogP contribution >= 0.6 is 11.6 Å². The van der Waals surface area contributed by atoms with Crippen LogP contribution in [-0.4, -0.2) is 49.9 Å². The minimum Gasteiger partial charge on any atom is -0.490 e. The largest absolute Gasteiger partial charge is 0.490 e. The molecule has 2 rings (SSSR count). The van der Waals surface area contributed by atoms with E-state index in [0.29, 0.717) is 11.5 Å². The van der Waals surface area contributed by atoms with Gasteiger partial charge in [0.2, 0.25) is 0 Å². The van der Waals surface area contributed by atoms with E-state index in [4.69, 9.17) is 30.5 Å². The molecule has 0 aliphatic rings. The van der Waals surface area contributed by atoms with E-state index in [1.54, 1.807) is 12.1 Å². The number of rotatable bonds is 12. The number of benzene rings is 2. The molecule has 0 aromatic heterocycles. The van der Waals surface area contributed by atoms with Gasteiger partial charge >= 0.3 is 11.9 Å². The number of ether oxygens (including phenoxy) is 4. The number of carbonyl (C=O) groups is 2. The highest BCUT2D eigenvalue weighted by Crippen LogP contribution is 2.33. The molecule has 6 nitrogen and oxygen atoms in total. The zero-order valence-electron chi connectivity index (χ0n) is 19.3. The molecule has 2 aromatic rings. The highest BCUT2D eigenvalue weighted by atomic mass is 35.5. The summed E-state index contributed by atoms with van der Waals surface area (Å²) in [5.74, 6) is 0.423. The second-order valence-corrected chi connectivity index (χ2v) is 8.38. The average molecular weight is 481 g/mol. The lowest BCUT2D eigenvalue weighted by Crippen LogP contribution is -2.26. The summed E-state index contributed by atoms with van der Waals surface area (Å²) < 4.78 is 34.1. The van der Waals surface area contributed by atoms with Crippen LogP contribution in [-0.2, 0) is 24.5 Å². The monoisotopic (exact) mass is 480 g/mol. The molecule has 0 aliphatic heterocycles. The SMILES string of the molecule is CC(=O)O[C@H](CCl)COc1ccc(C(C)(C)c2ccc(OC[C@H](CF)OC(C)=O)cc2)cc1. The highest BCUT2D eigenvalue weighted by molar-refractivity contribution is 6.18. The van der Waals surface area contributed by atoms with E-state index in [9.17, 15) is 14.0 Å². The first kappa shape index (κ1) is 26.5. The smallest absolute Gasteiger partial charge is 0.303 e. The fraction of sp³-hybridized carbons (Fsp3) is 0.440. The predicted molar refractivity (Wildman–Crippen MR) is 124 cm³/mol. The van der Waals surface area contributed by atoms with Crippen molar-refractivity contribution in [2.75, 3.05) is 25.8 Å². The van der Waals surface area contributed by atoms with Gasteiger partial charge in [-0.25, -0.2) is 4.39 Å². The standard InChI is InChI=1S/C25H30ClFO6/c1-17(28)32-23(13-26)15-30-21-9-5-19(6-10-21)25(3,4)20-7-11-22(12-8-20)31-16-24(14-27)33-18(2)29/h5-12,23-24H,13-16H2,1-4H3/t23-,24+/m1/s1. The minimum atomic E-state index is -0.923. The normalized spacial score (nSPS) is 13.0. The van der Waals surface area contributed by atoms with Crippen molar-refractivity contribution in [1.29, 1.82) is 0 Å². The Kier molecular flexibility index (Phi) is 9.97. The van der Waals surface area contributed by atoms with Crippen molar-refractivity contribution < 1.29 is 32.9 Å². The summed E-state index contributed by atoms with van der Waals surface area (Å²) in [4.78, 5) is 22.1. The Balaban J connectivity index is 1.99. The summed E-state index contributed by atoms with van der Waals surface area (Å²) in [5.41, 5.74) is 1.83. The van der Waals surface area contributed by atoms with Crippen LogP contribution in [0.4, 0.5) is 4.39 Å². The molecule has 0 saturated heterocycles. The second kappa shape index (κ2) is 12.4. The molecule has 8 heteroatoms. The number of hydrogen-bond acceptors (Lipinski definition) is 6. The summed E-state index contributed by atoms with van der Waals surface area (Å²) in [5, 5.41) is 0. The predicted octanol–water partition coefficient (Wildman–Crippen LogP) is 4.84. The molecule has 0 amide bonds. The van der Waals surface area contributed by atoms with Crippen LogP contribution in [0.5, 0.6) is 11.5 Å². The number of hydrogen-bond donors (Lipinski definition) is 0. The Bertz CT molecular complexity index is 825. The van der Waals surface area contributed by atoms with E-state index >= 15 is 0 Å². The van der Waals surface area contributed by atoms with Gasteiger partial charge in [0.15, 0.2) is 6.10 Å². The number of halogens is 2. The molecule has 0 bridgehead atoms. The van der Waals surface area contributed by atoms with E-state index in [1.807, 2.05) is 36.4 Å². The molecule has 0 heterocycles. The average Bonchev–Trinajstić information content (AvgIpc) is 2.79. The van der Waals surface area contributed by atoms with Crippen LogP contribution in [0.1, 0.15) is 38.8 Å². The number of esters is 2. The summed E-state index contributed by atoms with van der Waals surface area (Å²) >= 11 is 5.80. The third kappa shape index (κ3) is 8.24. The first-order chi connectivity index (χ1) is 15.6. The van der Waals surface area contributed by atoms with Gasteiger partial charge in [-0.15, -0.1) is 11.6 Å². The van der Waals surface area contributed by atoms with E-state index in [2.05, 4.69) is 13.8 Å². The zero-order chi connectivity index (χ0) is 24.4. The fourth-order valence-electron chi connectivity index (χ4n) is 3.17. The van der Waals surface area contributed by atoms with E-state index in [-0.39, 0.29) is 24.5 Å². The third-order valence-corrected chi connectivity index (χ3v) is 5.38. The van der Waals surface area contributed by atoms with E-state index < -0.39 is 30.8 Å². The molecule has 2 atom stereocenters. The van der Waals surface area contributed by atoms with Crippen LogP contribution < -0.4 is 9.47 Å². The van der Waals surface area contributed by atoms with Gasteiger partial charge in [0.1, 0.15) is 37.5 Å². The lowest BCUT2D eigenvalue weighted by Gasteiger charge is -2.26. The summed E-state index contributed by atoms with van der Waals surface area (Å²) in [6, 6.07) is 15.2. The molecule has 0 unspecified atom stereocenters. The van der Waals surface area contributed by atoms with Crippen molar-refractivity contribution in [3.05, 3.63) is 59.7 Å². The van der Waals surface area contributed by atoms with Gasteiger partial charge in [0.25, 0.3) is 0 Å². The van der Waals surface area contributed by atoms with Crippen LogP contribution in [0.2, 0.25) is 0 Å². The maximum atomic E-state index is 12.9. The number of alkyl halides is 2. The van der Waals surface area contributed by atoms with Gasteiger partial charge in [-0.05, 0) is 35.4 Å². The molecule has 0 N–H and O–H groups in total. The molecule has 33 heavy (non-hydrogen) atoms. The Morgan fingerprint density at radius 2 is 1.21 bits per heavy atom. The fourth-order valence-corrected chi connectivity index (χ4v) is 3.32. The van der Waals surface area contributed by atoms with Gasteiger partial charge in [0, 0.05) is 19.3 Å². The summed E-state index contributed by atoms with van der Waals surface area (Å²) in [6.45, 7) is 6.08. The van der Waals surface area contributed by atoms with Crippen molar-refractivity contribution in [3.8, 4) is 11.5 Å². The van der Waals surface area contributed by atoms with Crippen molar-refractivity contribution in [2.45, 2.75) is 45.3 Å². The second-order valence-electron chi connectivity index (χ2n) is 8.07. The lowest BCUT2D eigenvalue weighted by atomic mass is 9.78. The molecule has 0 fully saturated rings. The Morgan fingerprint density at radius 3 is 1.58 bits per heavy atom. The first-order valence-electron chi connectivity index (χ1n) is 10.6. The van der Waals surface area contributed by atoms with Crippen LogP contribution in [0.3, 0.4) is 0 Å². The molecule has 0 spiro atoms. The Labute approximate surface area is 198 Å². The van der Waals surface area contributed by atoms with Crippen LogP contribution in [0.25, 0.3) is 0 Å². The molecular weight excluding hydrogens is 451 g/mol. The Morgan fingerprint density at radius 1 is 0.818 bits per heavy atom. The summed E-state index contributed by atoms with van der Waals surface area (Å²) in [6.07, 6.45) is -1.43. The number of carbonyl (C=O) groups excluding carboxylic acids is 2. The maximum Gasteiger partial charge on any atom is 0.303 e. The first-order valence-corrected chi connectivity index (χ1v) is 11.1. The third-order valence-electron chi connectivity index (χ3n) is 5.03. The van der Waals surface area contributed by atoms with E-state index in [1.165, 1.54) is 13.8 Å². The van der Waals surface area contributed by atoms with Crippen molar-refractivity contribution in [2.24, 2.45) is 0 Å². The molecule has 0 saturated carbocycles. The lowest BCUT2D eigenvalue weighted by molar-refractivity contribution is -0.149. The maximum absolute atomic E-state index is 12.9.